The minimum atomic E-state index is -3.78. The highest BCUT2D eigenvalue weighted by atomic mass is 32.2. The molecule has 8 heteroatoms. The van der Waals surface area contributed by atoms with Gasteiger partial charge in [0.1, 0.15) is 5.82 Å². The van der Waals surface area contributed by atoms with Gasteiger partial charge in [0, 0.05) is 11.5 Å². The van der Waals surface area contributed by atoms with Crippen LogP contribution in [0.15, 0.2) is 52.2 Å². The van der Waals surface area contributed by atoms with E-state index in [0.29, 0.717) is 5.39 Å². The normalized spacial score (nSPS) is 9.88. The lowest BCUT2D eigenvalue weighted by Gasteiger charge is -2.10. The van der Waals surface area contributed by atoms with E-state index in [1.54, 1.807) is 12.1 Å². The zero-order valence-electron chi connectivity index (χ0n) is 15.9. The summed E-state index contributed by atoms with van der Waals surface area (Å²) in [6, 6.07) is 11.8. The minimum Gasteiger partial charge on any atom is -0.344 e. The summed E-state index contributed by atoms with van der Waals surface area (Å²) in [7, 11) is -3.78. The summed E-state index contributed by atoms with van der Waals surface area (Å²) in [5.74, 6) is 0.102. The quantitative estimate of drug-likeness (QED) is 0.543. The van der Waals surface area contributed by atoms with E-state index in [2.05, 4.69) is 14.9 Å². The number of sulfonamides is 1. The van der Waals surface area contributed by atoms with Crippen LogP contribution < -0.4 is 16.4 Å². The molecule has 0 aliphatic carbocycles. The molecule has 0 unspecified atom stereocenters. The van der Waals surface area contributed by atoms with Crippen molar-refractivity contribution >= 4 is 26.6 Å². The van der Waals surface area contributed by atoms with E-state index in [1.807, 2.05) is 52.8 Å². The Labute approximate surface area is 154 Å². The third-order valence-corrected chi connectivity index (χ3v) is 4.65. The van der Waals surface area contributed by atoms with Gasteiger partial charge >= 0.3 is 0 Å². The molecule has 0 saturated carbocycles. The van der Waals surface area contributed by atoms with Crippen LogP contribution in [0, 0.1) is 6.92 Å². The number of hydrogen-bond donors (Lipinski definition) is 4. The van der Waals surface area contributed by atoms with Crippen LogP contribution in [0.4, 0.5) is 5.82 Å². The third-order valence-electron chi connectivity index (χ3n) is 3.23. The number of H-pyrrole nitrogens is 2. The number of aryl methyl sites for hydroxylation is 1. The standard InChI is InChI=1S/C14H13N3O3S.2C2H6.H3N/c1-9-4-2-6-11-10(9)5-3-7-12(11)21(19,20)17-13-8-14(18)16-15-13;2*1-2;/h2-8H,1H3,(H3,15,16,17,18);2*1-2H3;1H3. The Morgan fingerprint density at radius 1 is 0.885 bits per heavy atom. The van der Waals surface area contributed by atoms with Crippen LogP contribution >= 0.6 is 0 Å². The highest BCUT2D eigenvalue weighted by Crippen LogP contribution is 2.26. The molecular weight excluding hydrogens is 352 g/mol. The second-order valence-corrected chi connectivity index (χ2v) is 6.35. The van der Waals surface area contributed by atoms with Gasteiger partial charge in [-0.05, 0) is 23.9 Å². The lowest BCUT2D eigenvalue weighted by Crippen LogP contribution is -2.13. The van der Waals surface area contributed by atoms with Crippen LogP contribution in [0.1, 0.15) is 33.3 Å². The highest BCUT2D eigenvalue weighted by Gasteiger charge is 2.18. The molecule has 2 aromatic carbocycles. The second kappa shape index (κ2) is 10.4. The molecule has 3 aromatic rings. The van der Waals surface area contributed by atoms with E-state index in [9.17, 15) is 13.2 Å². The molecule has 0 amide bonds. The first-order valence-electron chi connectivity index (χ1n) is 8.26. The van der Waals surface area contributed by atoms with Crippen molar-refractivity contribution in [2.75, 3.05) is 4.72 Å². The molecule has 7 nitrogen and oxygen atoms in total. The predicted octanol–water partition coefficient (Wildman–Crippen LogP) is 4.18. The molecule has 1 aromatic heterocycles. The fourth-order valence-corrected chi connectivity index (χ4v) is 3.49. The summed E-state index contributed by atoms with van der Waals surface area (Å²) < 4.78 is 27.3. The van der Waals surface area contributed by atoms with Crippen LogP contribution in [0.2, 0.25) is 0 Å². The van der Waals surface area contributed by atoms with E-state index in [4.69, 9.17) is 0 Å². The molecule has 3 rings (SSSR count). The number of aromatic amines is 2. The number of rotatable bonds is 3. The molecule has 0 saturated heterocycles. The molecule has 1 heterocycles. The monoisotopic (exact) mass is 380 g/mol. The smallest absolute Gasteiger partial charge is 0.266 e. The van der Waals surface area contributed by atoms with E-state index in [1.165, 1.54) is 6.07 Å². The van der Waals surface area contributed by atoms with Crippen molar-refractivity contribution < 1.29 is 8.42 Å². The molecule has 0 bridgehead atoms. The molecular formula is C18H28N4O3S. The maximum Gasteiger partial charge on any atom is 0.266 e. The molecule has 0 fully saturated rings. The van der Waals surface area contributed by atoms with Crippen LogP contribution in [0.3, 0.4) is 0 Å². The van der Waals surface area contributed by atoms with Crippen molar-refractivity contribution in [1.82, 2.24) is 16.3 Å². The van der Waals surface area contributed by atoms with E-state index in [0.717, 1.165) is 17.0 Å². The highest BCUT2D eigenvalue weighted by molar-refractivity contribution is 7.93. The van der Waals surface area contributed by atoms with Gasteiger partial charge < -0.3 is 6.15 Å². The van der Waals surface area contributed by atoms with Crippen molar-refractivity contribution in [3.8, 4) is 0 Å². The van der Waals surface area contributed by atoms with Gasteiger partial charge in [0.15, 0.2) is 0 Å². The Balaban J connectivity index is 0.00000117. The minimum absolute atomic E-state index is 0. The zero-order chi connectivity index (χ0) is 19.0. The largest absolute Gasteiger partial charge is 0.344 e. The second-order valence-electron chi connectivity index (χ2n) is 4.70. The van der Waals surface area contributed by atoms with Crippen molar-refractivity contribution in [2.24, 2.45) is 0 Å². The summed E-state index contributed by atoms with van der Waals surface area (Å²) in [5.41, 5.74) is 0.598. The maximum absolute atomic E-state index is 12.5. The van der Waals surface area contributed by atoms with Gasteiger partial charge in [0.05, 0.1) is 4.90 Å². The van der Waals surface area contributed by atoms with Crippen LogP contribution in [-0.4, -0.2) is 18.6 Å². The molecule has 0 radical (unpaired) electrons. The van der Waals surface area contributed by atoms with Crippen LogP contribution in [0.25, 0.3) is 10.8 Å². The molecule has 6 N–H and O–H groups in total. The summed E-state index contributed by atoms with van der Waals surface area (Å²) in [5, 5.41) is 6.26. The van der Waals surface area contributed by atoms with Gasteiger partial charge in [-0.1, -0.05) is 58.0 Å². The lowest BCUT2D eigenvalue weighted by atomic mass is 10.1. The fourth-order valence-electron chi connectivity index (χ4n) is 2.26. The van der Waals surface area contributed by atoms with Gasteiger partial charge in [-0.3, -0.25) is 19.7 Å². The lowest BCUT2D eigenvalue weighted by molar-refractivity contribution is 0.602. The van der Waals surface area contributed by atoms with Gasteiger partial charge in [-0.2, -0.15) is 0 Å². The van der Waals surface area contributed by atoms with Crippen molar-refractivity contribution in [1.29, 1.82) is 0 Å². The van der Waals surface area contributed by atoms with Crippen molar-refractivity contribution in [3.63, 3.8) is 0 Å². The van der Waals surface area contributed by atoms with Crippen LogP contribution in [-0.2, 0) is 10.0 Å². The molecule has 144 valence electrons. The van der Waals surface area contributed by atoms with Gasteiger partial charge in [-0.15, -0.1) is 0 Å². The maximum atomic E-state index is 12.5. The first kappa shape index (κ1) is 23.4. The number of hydrogen-bond acceptors (Lipinski definition) is 4. The Bertz CT molecular complexity index is 975. The number of benzene rings is 2. The Morgan fingerprint density at radius 2 is 1.46 bits per heavy atom. The van der Waals surface area contributed by atoms with Crippen LogP contribution in [0.5, 0.6) is 0 Å². The SMILES string of the molecule is CC.CC.Cc1cccc2c(S(=O)(=O)Nc3cc(=O)[nH][nH]3)cccc12.N. The van der Waals surface area contributed by atoms with Gasteiger partial charge in [-0.25, -0.2) is 8.42 Å². The predicted molar refractivity (Wildman–Crippen MR) is 109 cm³/mol. The first-order chi connectivity index (χ1) is 12.0. The van der Waals surface area contributed by atoms with Gasteiger partial charge in [0.2, 0.25) is 0 Å². The number of anilines is 1. The van der Waals surface area contributed by atoms with E-state index < -0.39 is 15.6 Å². The first-order valence-corrected chi connectivity index (χ1v) is 9.74. The van der Waals surface area contributed by atoms with Crippen molar-refractivity contribution in [3.05, 3.63) is 58.4 Å². The van der Waals surface area contributed by atoms with Gasteiger partial charge in [0.25, 0.3) is 15.6 Å². The van der Waals surface area contributed by atoms with E-state index >= 15 is 0 Å². The third kappa shape index (κ3) is 5.21. The number of fused-ring (bicyclic) bond motifs is 1. The molecule has 0 atom stereocenters. The molecule has 0 spiro atoms. The summed E-state index contributed by atoms with van der Waals surface area (Å²) in [4.78, 5) is 11.2. The summed E-state index contributed by atoms with van der Waals surface area (Å²) in [6.45, 7) is 9.93. The molecule has 0 aliphatic rings. The molecule has 0 aliphatic heterocycles. The van der Waals surface area contributed by atoms with Crippen molar-refractivity contribution in [2.45, 2.75) is 39.5 Å². The average molecular weight is 381 g/mol. The number of nitrogens with one attached hydrogen (secondary N) is 3. The topological polar surface area (TPSA) is 130 Å². The average Bonchev–Trinajstić information content (AvgIpc) is 3.02. The molecule has 26 heavy (non-hydrogen) atoms. The Hall–Kier alpha value is -2.58. The summed E-state index contributed by atoms with van der Waals surface area (Å²) in [6.07, 6.45) is 0. The number of aromatic nitrogens is 2. The van der Waals surface area contributed by atoms with E-state index in [-0.39, 0.29) is 16.9 Å². The Kier molecular flexibility index (Phi) is 9.39. The Morgan fingerprint density at radius 3 is 2.04 bits per heavy atom. The zero-order valence-corrected chi connectivity index (χ0v) is 16.7. The summed E-state index contributed by atoms with van der Waals surface area (Å²) >= 11 is 0. The fraction of sp³-hybridized carbons (Fsp3) is 0.278.